The van der Waals surface area contributed by atoms with Crippen molar-refractivity contribution in [1.82, 2.24) is 0 Å². The summed E-state index contributed by atoms with van der Waals surface area (Å²) in [4.78, 5) is 11.9. The SMILES string of the molecule is O=C1[C@H]2CCC[C@H]3[C@@H]2CCC[C@@H]13. The van der Waals surface area contributed by atoms with Crippen molar-refractivity contribution in [2.75, 3.05) is 0 Å². The third-order valence-corrected chi connectivity index (χ3v) is 4.42. The van der Waals surface area contributed by atoms with E-state index in [0.29, 0.717) is 17.6 Å². The Hall–Kier alpha value is -0.330. The lowest BCUT2D eigenvalue weighted by Crippen LogP contribution is -2.25. The molecule has 0 heterocycles. The Kier molecular flexibility index (Phi) is 1.38. The smallest absolute Gasteiger partial charge is 0.139 e. The molecule has 1 heteroatoms. The van der Waals surface area contributed by atoms with Gasteiger partial charge in [0.2, 0.25) is 0 Å². The molecule has 3 rings (SSSR count). The summed E-state index contributed by atoms with van der Waals surface area (Å²) in [6.45, 7) is 0. The zero-order valence-corrected chi connectivity index (χ0v) is 7.46. The Labute approximate surface area is 73.5 Å². The van der Waals surface area contributed by atoms with Gasteiger partial charge in [-0.2, -0.15) is 0 Å². The maximum atomic E-state index is 11.9. The van der Waals surface area contributed by atoms with Crippen LogP contribution in [0.2, 0.25) is 0 Å². The second-order valence-corrected chi connectivity index (χ2v) is 4.80. The summed E-state index contributed by atoms with van der Waals surface area (Å²) in [6, 6.07) is 0. The molecule has 0 unspecified atom stereocenters. The van der Waals surface area contributed by atoms with Gasteiger partial charge >= 0.3 is 0 Å². The first kappa shape index (κ1) is 7.11. The van der Waals surface area contributed by atoms with Crippen molar-refractivity contribution in [1.29, 1.82) is 0 Å². The third-order valence-electron chi connectivity index (χ3n) is 4.42. The first-order chi connectivity index (χ1) is 5.88. The highest BCUT2D eigenvalue weighted by atomic mass is 16.1. The Morgan fingerprint density at radius 3 is 1.83 bits per heavy atom. The molecule has 3 aliphatic rings. The lowest BCUT2D eigenvalue weighted by Gasteiger charge is -2.33. The van der Waals surface area contributed by atoms with Gasteiger partial charge in [0.1, 0.15) is 5.78 Å². The number of hydrogen-bond donors (Lipinski definition) is 0. The van der Waals surface area contributed by atoms with E-state index in [-0.39, 0.29) is 0 Å². The first-order valence-corrected chi connectivity index (χ1v) is 5.41. The highest BCUT2D eigenvalue weighted by Crippen LogP contribution is 2.54. The van der Waals surface area contributed by atoms with Gasteiger partial charge in [-0.3, -0.25) is 4.79 Å². The largest absolute Gasteiger partial charge is 0.299 e. The topological polar surface area (TPSA) is 17.1 Å². The monoisotopic (exact) mass is 164 g/mol. The number of carbonyl (C=O) groups is 1. The van der Waals surface area contributed by atoms with E-state index in [1.54, 1.807) is 0 Å². The molecule has 1 nitrogen and oxygen atoms in total. The van der Waals surface area contributed by atoms with Crippen LogP contribution < -0.4 is 0 Å². The second-order valence-electron chi connectivity index (χ2n) is 4.80. The van der Waals surface area contributed by atoms with E-state index in [0.717, 1.165) is 11.8 Å². The fraction of sp³-hybridized carbons (Fsp3) is 0.909. The predicted molar refractivity (Wildman–Crippen MR) is 46.7 cm³/mol. The molecule has 3 fully saturated rings. The molecule has 0 saturated heterocycles. The molecular weight excluding hydrogens is 148 g/mol. The van der Waals surface area contributed by atoms with Gasteiger partial charge in [-0.25, -0.2) is 0 Å². The molecule has 0 spiro atoms. The van der Waals surface area contributed by atoms with Crippen LogP contribution in [0.5, 0.6) is 0 Å². The average Bonchev–Trinajstić information content (AvgIpc) is 2.33. The van der Waals surface area contributed by atoms with Crippen LogP contribution in [-0.2, 0) is 4.79 Å². The number of ketones is 1. The summed E-state index contributed by atoms with van der Waals surface area (Å²) in [7, 11) is 0. The third kappa shape index (κ3) is 0.725. The van der Waals surface area contributed by atoms with E-state index in [1.165, 1.54) is 38.5 Å². The quantitative estimate of drug-likeness (QED) is 0.537. The molecule has 3 aliphatic carbocycles. The standard InChI is InChI=1S/C11H16O/c12-11-9-5-1-3-7-8(9)4-2-6-10(7)11/h7-10H,1-6H2/t7-,8-,9-,10+/m0/s1. The molecule has 66 valence electrons. The first-order valence-electron chi connectivity index (χ1n) is 5.41. The average molecular weight is 164 g/mol. The highest BCUT2D eigenvalue weighted by Gasteiger charge is 2.52. The van der Waals surface area contributed by atoms with Gasteiger partial charge in [0.15, 0.2) is 0 Å². The van der Waals surface area contributed by atoms with E-state index >= 15 is 0 Å². The fourth-order valence-corrected chi connectivity index (χ4v) is 3.98. The Balaban J connectivity index is 2.00. The lowest BCUT2D eigenvalue weighted by atomic mass is 9.71. The summed E-state index contributed by atoms with van der Waals surface area (Å²) in [5, 5.41) is 0. The highest BCUT2D eigenvalue weighted by molar-refractivity contribution is 5.87. The molecule has 0 aromatic heterocycles. The van der Waals surface area contributed by atoms with Gasteiger partial charge in [-0.1, -0.05) is 12.8 Å². The number of Topliss-reactive ketones (excluding diaryl/α,β-unsaturated/α-hetero) is 1. The molecule has 0 aromatic rings. The van der Waals surface area contributed by atoms with Crippen molar-refractivity contribution in [3.8, 4) is 0 Å². The molecule has 0 aromatic carbocycles. The molecule has 4 bridgehead atoms. The van der Waals surface area contributed by atoms with E-state index in [2.05, 4.69) is 0 Å². The minimum Gasteiger partial charge on any atom is -0.299 e. The van der Waals surface area contributed by atoms with E-state index in [9.17, 15) is 4.79 Å². The van der Waals surface area contributed by atoms with Gasteiger partial charge < -0.3 is 0 Å². The summed E-state index contributed by atoms with van der Waals surface area (Å²) >= 11 is 0. The van der Waals surface area contributed by atoms with Crippen molar-refractivity contribution in [2.45, 2.75) is 38.5 Å². The molecular formula is C11H16O. The number of hydrogen-bond acceptors (Lipinski definition) is 1. The molecule has 0 radical (unpaired) electrons. The fourth-order valence-electron chi connectivity index (χ4n) is 3.98. The van der Waals surface area contributed by atoms with Gasteiger partial charge in [0.25, 0.3) is 0 Å². The molecule has 0 amide bonds. The summed E-state index contributed by atoms with van der Waals surface area (Å²) in [5.74, 6) is 3.32. The molecule has 4 atom stereocenters. The predicted octanol–water partition coefficient (Wildman–Crippen LogP) is 2.40. The van der Waals surface area contributed by atoms with Crippen LogP contribution in [0.3, 0.4) is 0 Å². The van der Waals surface area contributed by atoms with Crippen LogP contribution >= 0.6 is 0 Å². The van der Waals surface area contributed by atoms with Crippen LogP contribution in [-0.4, -0.2) is 5.78 Å². The summed E-state index contributed by atoms with van der Waals surface area (Å²) in [5.41, 5.74) is 0. The van der Waals surface area contributed by atoms with Crippen LogP contribution in [0, 0.1) is 23.7 Å². The van der Waals surface area contributed by atoms with Crippen molar-refractivity contribution in [3.63, 3.8) is 0 Å². The Morgan fingerprint density at radius 2 is 1.33 bits per heavy atom. The van der Waals surface area contributed by atoms with Gasteiger partial charge in [0.05, 0.1) is 0 Å². The van der Waals surface area contributed by atoms with Crippen LogP contribution in [0.25, 0.3) is 0 Å². The zero-order chi connectivity index (χ0) is 8.13. The minimum atomic E-state index is 0.510. The van der Waals surface area contributed by atoms with Crippen molar-refractivity contribution >= 4 is 5.78 Å². The minimum absolute atomic E-state index is 0.510. The second kappa shape index (κ2) is 2.34. The normalized spacial score (nSPS) is 51.2. The van der Waals surface area contributed by atoms with E-state index in [4.69, 9.17) is 0 Å². The Morgan fingerprint density at radius 1 is 0.833 bits per heavy atom. The van der Waals surface area contributed by atoms with Gasteiger partial charge in [-0.05, 0) is 37.5 Å². The van der Waals surface area contributed by atoms with Crippen LogP contribution in [0.15, 0.2) is 0 Å². The van der Waals surface area contributed by atoms with Gasteiger partial charge in [0, 0.05) is 11.8 Å². The molecule has 12 heavy (non-hydrogen) atoms. The Bertz CT molecular complexity index is 199. The van der Waals surface area contributed by atoms with E-state index < -0.39 is 0 Å². The zero-order valence-electron chi connectivity index (χ0n) is 7.46. The summed E-state index contributed by atoms with van der Waals surface area (Å²) < 4.78 is 0. The molecule has 0 aliphatic heterocycles. The van der Waals surface area contributed by atoms with Crippen LogP contribution in [0.1, 0.15) is 38.5 Å². The van der Waals surface area contributed by atoms with Crippen LogP contribution in [0.4, 0.5) is 0 Å². The number of rotatable bonds is 0. The van der Waals surface area contributed by atoms with Crippen molar-refractivity contribution in [3.05, 3.63) is 0 Å². The summed E-state index contributed by atoms with van der Waals surface area (Å²) in [6.07, 6.45) is 7.81. The molecule has 0 N–H and O–H groups in total. The van der Waals surface area contributed by atoms with Crippen molar-refractivity contribution < 1.29 is 4.79 Å². The van der Waals surface area contributed by atoms with Gasteiger partial charge in [-0.15, -0.1) is 0 Å². The molecule has 3 saturated carbocycles. The lowest BCUT2D eigenvalue weighted by molar-refractivity contribution is -0.124. The van der Waals surface area contributed by atoms with Crippen molar-refractivity contribution in [2.24, 2.45) is 23.7 Å². The maximum absolute atomic E-state index is 11.9. The number of carbonyl (C=O) groups excluding carboxylic acids is 1. The van der Waals surface area contributed by atoms with E-state index in [1.807, 2.05) is 0 Å². The maximum Gasteiger partial charge on any atom is 0.139 e.